The van der Waals surface area contributed by atoms with Crippen LogP contribution >= 0.6 is 0 Å². The van der Waals surface area contributed by atoms with Gasteiger partial charge in [-0.1, -0.05) is 159 Å². The second kappa shape index (κ2) is 14.5. The van der Waals surface area contributed by atoms with E-state index in [0.29, 0.717) is 5.82 Å². The van der Waals surface area contributed by atoms with Crippen LogP contribution in [0.1, 0.15) is 25.0 Å². The summed E-state index contributed by atoms with van der Waals surface area (Å²) in [6.07, 6.45) is 0. The molecular weight excluding hydrogens is 767 g/mol. The largest absolute Gasteiger partial charge is 0.456 e. The summed E-state index contributed by atoms with van der Waals surface area (Å²) in [4.78, 5) is 12.8. The first-order valence-corrected chi connectivity index (χ1v) is 21.6. The zero-order valence-electron chi connectivity index (χ0n) is 35.0. The van der Waals surface area contributed by atoms with Gasteiger partial charge in [0.25, 0.3) is 0 Å². The number of nitrogens with zero attached hydrogens (tertiary/aromatic N) is 3. The van der Waals surface area contributed by atoms with Gasteiger partial charge in [0.05, 0.1) is 11.4 Å². The number of benzene rings is 9. The molecule has 1 aliphatic rings. The van der Waals surface area contributed by atoms with E-state index in [1.165, 1.54) is 33.0 Å². The molecule has 2 heterocycles. The first-order valence-electron chi connectivity index (χ1n) is 21.6. The molecule has 0 fully saturated rings. The Morgan fingerprint density at radius 3 is 1.86 bits per heavy atom. The Morgan fingerprint density at radius 2 is 1.03 bits per heavy atom. The minimum atomic E-state index is -0.0930. The van der Waals surface area contributed by atoms with E-state index in [9.17, 15) is 0 Å². The molecule has 0 spiro atoms. The maximum absolute atomic E-state index is 6.65. The number of anilines is 3. The van der Waals surface area contributed by atoms with Gasteiger partial charge in [-0.05, 0) is 111 Å². The molecule has 0 radical (unpaired) electrons. The minimum absolute atomic E-state index is 0.0930. The molecule has 298 valence electrons. The van der Waals surface area contributed by atoms with E-state index in [-0.39, 0.29) is 5.41 Å². The van der Waals surface area contributed by atoms with Crippen molar-refractivity contribution in [1.82, 2.24) is 9.97 Å². The molecule has 0 saturated carbocycles. The molecule has 4 nitrogen and oxygen atoms in total. The monoisotopic (exact) mass is 807 g/mol. The van der Waals surface area contributed by atoms with Crippen LogP contribution in [-0.2, 0) is 5.41 Å². The molecular formula is C59H41N3O. The van der Waals surface area contributed by atoms with E-state index >= 15 is 0 Å². The Balaban J connectivity index is 0.921. The highest BCUT2D eigenvalue weighted by Gasteiger charge is 2.35. The van der Waals surface area contributed by atoms with Gasteiger partial charge in [-0.15, -0.1) is 0 Å². The van der Waals surface area contributed by atoms with Crippen LogP contribution in [0.15, 0.2) is 217 Å². The Hall–Kier alpha value is -8.08. The first kappa shape index (κ1) is 36.7. The van der Waals surface area contributed by atoms with Crippen molar-refractivity contribution in [3.8, 4) is 56.2 Å². The SMILES string of the molecule is CC1(C)c2ccccc2-c2ccc(N(c3ccccc3)c3ccc(-c4ccc5c(c4)oc4cccc(-c6nc(-c7ccccc7)cc(-c7ccc8ccccc8c7)n6)c45)cc3)cc21. The van der Waals surface area contributed by atoms with E-state index in [0.717, 1.165) is 78.2 Å². The highest BCUT2D eigenvalue weighted by atomic mass is 16.3. The van der Waals surface area contributed by atoms with Gasteiger partial charge in [0, 0.05) is 49.9 Å². The van der Waals surface area contributed by atoms with Crippen molar-refractivity contribution >= 4 is 49.8 Å². The molecule has 1 aliphatic carbocycles. The summed E-state index contributed by atoms with van der Waals surface area (Å²) in [6, 6.07) is 75.4. The van der Waals surface area contributed by atoms with Crippen LogP contribution < -0.4 is 4.90 Å². The lowest BCUT2D eigenvalue weighted by atomic mass is 9.82. The minimum Gasteiger partial charge on any atom is -0.456 e. The summed E-state index contributed by atoms with van der Waals surface area (Å²) in [5, 5.41) is 4.40. The lowest BCUT2D eigenvalue weighted by Crippen LogP contribution is -2.16. The molecule has 0 bridgehead atoms. The lowest BCUT2D eigenvalue weighted by Gasteiger charge is -2.28. The number of fused-ring (bicyclic) bond motifs is 7. The number of aromatic nitrogens is 2. The summed E-state index contributed by atoms with van der Waals surface area (Å²) < 4.78 is 6.65. The van der Waals surface area contributed by atoms with Crippen LogP contribution in [0.4, 0.5) is 17.1 Å². The zero-order chi connectivity index (χ0) is 42.1. The summed E-state index contributed by atoms with van der Waals surface area (Å²) in [6.45, 7) is 4.67. The van der Waals surface area contributed by atoms with E-state index in [4.69, 9.17) is 14.4 Å². The second-order valence-corrected chi connectivity index (χ2v) is 17.0. The van der Waals surface area contributed by atoms with Crippen molar-refractivity contribution in [2.45, 2.75) is 19.3 Å². The number of hydrogen-bond acceptors (Lipinski definition) is 4. The van der Waals surface area contributed by atoms with Gasteiger partial charge in [-0.25, -0.2) is 9.97 Å². The maximum Gasteiger partial charge on any atom is 0.161 e. The standard InChI is InChI=1S/C59H41N3O/c1-59(2)51-22-12-11-20-47(51)48-33-31-46(36-52(48)59)62(44-18-7-4-8-19-44)45-29-26-39(27-30-45)42-28-32-49-56(35-42)63-55-23-13-21-50(57(49)55)58-60-53(40-15-5-3-6-16-40)37-54(61-58)43-25-24-38-14-9-10-17-41(38)34-43/h3-37H,1-2H3. The van der Waals surface area contributed by atoms with Crippen LogP contribution in [0.3, 0.4) is 0 Å². The highest BCUT2D eigenvalue weighted by Crippen LogP contribution is 2.51. The van der Waals surface area contributed by atoms with Gasteiger partial charge in [0.1, 0.15) is 11.2 Å². The molecule has 12 rings (SSSR count). The Morgan fingerprint density at radius 1 is 0.397 bits per heavy atom. The molecule has 0 unspecified atom stereocenters. The van der Waals surface area contributed by atoms with Gasteiger partial charge in [-0.3, -0.25) is 0 Å². The van der Waals surface area contributed by atoms with Crippen molar-refractivity contribution < 1.29 is 4.42 Å². The third-order valence-electron chi connectivity index (χ3n) is 12.9. The van der Waals surface area contributed by atoms with E-state index in [1.54, 1.807) is 0 Å². The number of para-hydroxylation sites is 1. The smallest absolute Gasteiger partial charge is 0.161 e. The van der Waals surface area contributed by atoms with Gasteiger partial charge >= 0.3 is 0 Å². The molecule has 0 atom stereocenters. The first-order chi connectivity index (χ1) is 31.0. The molecule has 0 saturated heterocycles. The summed E-state index contributed by atoms with van der Waals surface area (Å²) in [5.74, 6) is 0.659. The average molecular weight is 808 g/mol. The summed E-state index contributed by atoms with van der Waals surface area (Å²) >= 11 is 0. The lowest BCUT2D eigenvalue weighted by molar-refractivity contribution is 0.660. The van der Waals surface area contributed by atoms with E-state index in [1.807, 2.05) is 18.2 Å². The molecule has 9 aromatic carbocycles. The third-order valence-corrected chi connectivity index (χ3v) is 12.9. The molecule has 0 amide bonds. The fraction of sp³-hybridized carbons (Fsp3) is 0.0508. The Bertz CT molecular complexity index is 3530. The van der Waals surface area contributed by atoms with Crippen molar-refractivity contribution in [3.05, 3.63) is 223 Å². The quantitative estimate of drug-likeness (QED) is 0.161. The molecule has 11 aromatic rings. The van der Waals surface area contributed by atoms with Crippen molar-refractivity contribution in [2.75, 3.05) is 4.90 Å². The topological polar surface area (TPSA) is 42.2 Å². The third kappa shape index (κ3) is 6.22. The fourth-order valence-corrected chi connectivity index (χ4v) is 9.67. The van der Waals surface area contributed by atoms with Crippen LogP contribution in [0.25, 0.3) is 88.9 Å². The summed E-state index contributed by atoms with van der Waals surface area (Å²) in [5.41, 5.74) is 17.2. The predicted octanol–water partition coefficient (Wildman–Crippen LogP) is 16.0. The normalized spacial score (nSPS) is 12.7. The molecule has 2 aromatic heterocycles. The molecule has 0 N–H and O–H groups in total. The highest BCUT2D eigenvalue weighted by molar-refractivity contribution is 6.12. The zero-order valence-corrected chi connectivity index (χ0v) is 35.0. The second-order valence-electron chi connectivity index (χ2n) is 17.0. The van der Waals surface area contributed by atoms with Crippen molar-refractivity contribution in [1.29, 1.82) is 0 Å². The van der Waals surface area contributed by atoms with Gasteiger partial charge in [0.2, 0.25) is 0 Å². The molecule has 4 heteroatoms. The molecule has 0 aliphatic heterocycles. The number of rotatable bonds is 7. The van der Waals surface area contributed by atoms with Crippen LogP contribution in [0.5, 0.6) is 0 Å². The van der Waals surface area contributed by atoms with Gasteiger partial charge < -0.3 is 9.32 Å². The van der Waals surface area contributed by atoms with Crippen LogP contribution in [0, 0.1) is 0 Å². The Kier molecular flexibility index (Phi) is 8.48. The fourth-order valence-electron chi connectivity index (χ4n) is 9.67. The van der Waals surface area contributed by atoms with Gasteiger partial charge in [-0.2, -0.15) is 0 Å². The maximum atomic E-state index is 6.65. The van der Waals surface area contributed by atoms with E-state index < -0.39 is 0 Å². The van der Waals surface area contributed by atoms with Crippen LogP contribution in [-0.4, -0.2) is 9.97 Å². The van der Waals surface area contributed by atoms with Crippen LogP contribution in [0.2, 0.25) is 0 Å². The average Bonchev–Trinajstić information content (AvgIpc) is 3.83. The Labute approximate surface area is 366 Å². The van der Waals surface area contributed by atoms with E-state index in [2.05, 4.69) is 213 Å². The van der Waals surface area contributed by atoms with Gasteiger partial charge in [0.15, 0.2) is 5.82 Å². The number of furan rings is 1. The molecule has 63 heavy (non-hydrogen) atoms. The van der Waals surface area contributed by atoms with Crippen molar-refractivity contribution in [3.63, 3.8) is 0 Å². The van der Waals surface area contributed by atoms with Crippen molar-refractivity contribution in [2.24, 2.45) is 0 Å². The predicted molar refractivity (Wildman–Crippen MR) is 261 cm³/mol. The number of hydrogen-bond donors (Lipinski definition) is 0. The summed E-state index contributed by atoms with van der Waals surface area (Å²) in [7, 11) is 0.